The van der Waals surface area contributed by atoms with E-state index in [9.17, 15) is 9.59 Å². The molecule has 18 heavy (non-hydrogen) atoms. The number of rotatable bonds is 11. The Morgan fingerprint density at radius 1 is 1.17 bits per heavy atom. The highest BCUT2D eigenvalue weighted by molar-refractivity contribution is 5.75. The maximum absolute atomic E-state index is 11.2. The molecule has 5 heteroatoms. The van der Waals surface area contributed by atoms with Crippen molar-refractivity contribution in [2.24, 2.45) is 5.73 Å². The molecule has 0 radical (unpaired) electrons. The number of carboxylic acid groups (broad SMARTS) is 1. The van der Waals surface area contributed by atoms with Crippen LogP contribution in [0, 0.1) is 0 Å². The molecule has 0 spiro atoms. The van der Waals surface area contributed by atoms with Gasteiger partial charge in [-0.3, -0.25) is 9.59 Å². The van der Waals surface area contributed by atoms with Crippen molar-refractivity contribution in [2.75, 3.05) is 6.61 Å². The molecule has 0 aromatic carbocycles. The fourth-order valence-electron chi connectivity index (χ4n) is 1.54. The average molecular weight is 259 g/mol. The van der Waals surface area contributed by atoms with Gasteiger partial charge in [0.2, 0.25) is 0 Å². The first kappa shape index (κ1) is 16.9. The molecule has 0 saturated carbocycles. The van der Waals surface area contributed by atoms with Crippen molar-refractivity contribution < 1.29 is 19.4 Å². The van der Waals surface area contributed by atoms with Gasteiger partial charge >= 0.3 is 11.9 Å². The molecular weight excluding hydrogens is 234 g/mol. The van der Waals surface area contributed by atoms with Crippen LogP contribution in [0.5, 0.6) is 0 Å². The summed E-state index contributed by atoms with van der Waals surface area (Å²) in [6.07, 6.45) is 7.04. The van der Waals surface area contributed by atoms with Crippen LogP contribution in [0.3, 0.4) is 0 Å². The van der Waals surface area contributed by atoms with Crippen LogP contribution in [-0.4, -0.2) is 29.7 Å². The number of carbonyl (C=O) groups excluding carboxylic acids is 1. The quantitative estimate of drug-likeness (QED) is 0.438. The fourth-order valence-corrected chi connectivity index (χ4v) is 1.54. The lowest BCUT2D eigenvalue weighted by Gasteiger charge is -2.07. The van der Waals surface area contributed by atoms with Crippen LogP contribution in [-0.2, 0) is 14.3 Å². The van der Waals surface area contributed by atoms with Crippen LogP contribution in [0.1, 0.15) is 58.3 Å². The molecule has 0 aliphatic heterocycles. The van der Waals surface area contributed by atoms with Crippen molar-refractivity contribution in [1.82, 2.24) is 0 Å². The molecule has 0 aliphatic rings. The van der Waals surface area contributed by atoms with E-state index < -0.39 is 12.0 Å². The first-order chi connectivity index (χ1) is 8.57. The Labute approximate surface area is 109 Å². The minimum Gasteiger partial charge on any atom is -0.480 e. The molecule has 106 valence electrons. The molecule has 0 aromatic rings. The first-order valence-corrected chi connectivity index (χ1v) is 6.72. The van der Waals surface area contributed by atoms with Crippen LogP contribution in [0.4, 0.5) is 0 Å². The number of ether oxygens (including phenoxy) is 1. The van der Waals surface area contributed by atoms with Gasteiger partial charge in [-0.25, -0.2) is 0 Å². The van der Waals surface area contributed by atoms with E-state index in [2.05, 4.69) is 6.92 Å². The van der Waals surface area contributed by atoms with Gasteiger partial charge in [-0.15, -0.1) is 0 Å². The Balaban J connectivity index is 3.35. The molecular formula is C13H25NO4. The Kier molecular flexibility index (Phi) is 10.3. The Morgan fingerprint density at radius 3 is 2.39 bits per heavy atom. The predicted octanol–water partition coefficient (Wildman–Crippen LogP) is 2.08. The zero-order valence-electron chi connectivity index (χ0n) is 11.2. The van der Waals surface area contributed by atoms with Crippen molar-refractivity contribution in [1.29, 1.82) is 0 Å². The molecule has 1 atom stereocenters. The van der Waals surface area contributed by atoms with Crippen LogP contribution in [0.25, 0.3) is 0 Å². The Morgan fingerprint density at radius 2 is 1.78 bits per heavy atom. The molecule has 0 fully saturated rings. The van der Waals surface area contributed by atoms with Gasteiger partial charge in [0.15, 0.2) is 0 Å². The molecule has 0 bridgehead atoms. The van der Waals surface area contributed by atoms with E-state index in [0.29, 0.717) is 6.61 Å². The highest BCUT2D eigenvalue weighted by Gasteiger charge is 2.13. The standard InChI is InChI=1S/C13H25NO4/c1-2-3-4-5-6-7-10-18-12(15)9-8-11(14)13(16)17/h11H,2-10,14H2,1H3,(H,16,17). The molecule has 0 saturated heterocycles. The number of nitrogens with two attached hydrogens (primary N) is 1. The lowest BCUT2D eigenvalue weighted by atomic mass is 10.1. The van der Waals surface area contributed by atoms with Gasteiger partial charge in [-0.05, 0) is 12.8 Å². The summed E-state index contributed by atoms with van der Waals surface area (Å²) in [5.41, 5.74) is 5.28. The second kappa shape index (κ2) is 11.0. The number of esters is 1. The van der Waals surface area contributed by atoms with Crippen LogP contribution < -0.4 is 5.73 Å². The number of carboxylic acids is 1. The lowest BCUT2D eigenvalue weighted by Crippen LogP contribution is -2.30. The summed E-state index contributed by atoms with van der Waals surface area (Å²) >= 11 is 0. The van der Waals surface area contributed by atoms with E-state index in [0.717, 1.165) is 12.8 Å². The second-order valence-corrected chi connectivity index (χ2v) is 4.47. The highest BCUT2D eigenvalue weighted by atomic mass is 16.5. The normalized spacial score (nSPS) is 12.1. The Hall–Kier alpha value is -1.10. The van der Waals surface area contributed by atoms with Crippen molar-refractivity contribution in [3.05, 3.63) is 0 Å². The van der Waals surface area contributed by atoms with Crippen molar-refractivity contribution in [2.45, 2.75) is 64.3 Å². The smallest absolute Gasteiger partial charge is 0.320 e. The third-order valence-corrected chi connectivity index (χ3v) is 2.74. The summed E-state index contributed by atoms with van der Waals surface area (Å²) in [5, 5.41) is 8.53. The number of hydrogen-bond donors (Lipinski definition) is 2. The molecule has 0 aliphatic carbocycles. The minimum atomic E-state index is -1.08. The van der Waals surface area contributed by atoms with Gasteiger partial charge in [0.25, 0.3) is 0 Å². The van der Waals surface area contributed by atoms with E-state index in [1.807, 2.05) is 0 Å². The number of carbonyl (C=O) groups is 2. The van der Waals surface area contributed by atoms with Gasteiger partial charge in [-0.1, -0.05) is 39.0 Å². The Bertz CT molecular complexity index is 243. The summed E-state index contributed by atoms with van der Waals surface area (Å²) in [6, 6.07) is -0.980. The predicted molar refractivity (Wildman–Crippen MR) is 69.2 cm³/mol. The number of hydrogen-bond acceptors (Lipinski definition) is 4. The van der Waals surface area contributed by atoms with Crippen molar-refractivity contribution >= 4 is 11.9 Å². The van der Waals surface area contributed by atoms with E-state index in [4.69, 9.17) is 15.6 Å². The lowest BCUT2D eigenvalue weighted by molar-refractivity contribution is -0.144. The van der Waals surface area contributed by atoms with Crippen molar-refractivity contribution in [3.8, 4) is 0 Å². The molecule has 0 heterocycles. The maximum Gasteiger partial charge on any atom is 0.320 e. The fraction of sp³-hybridized carbons (Fsp3) is 0.846. The van der Waals surface area contributed by atoms with Gasteiger partial charge < -0.3 is 15.6 Å². The minimum absolute atomic E-state index is 0.0727. The molecule has 5 nitrogen and oxygen atoms in total. The summed E-state index contributed by atoms with van der Waals surface area (Å²) in [6.45, 7) is 2.59. The van der Waals surface area contributed by atoms with E-state index in [1.165, 1.54) is 25.7 Å². The van der Waals surface area contributed by atoms with Gasteiger partial charge in [0.1, 0.15) is 6.04 Å². The molecule has 3 N–H and O–H groups in total. The largest absolute Gasteiger partial charge is 0.480 e. The molecule has 0 rings (SSSR count). The van der Waals surface area contributed by atoms with Crippen LogP contribution >= 0.6 is 0 Å². The summed E-state index contributed by atoms with van der Waals surface area (Å²) in [7, 11) is 0. The van der Waals surface area contributed by atoms with E-state index >= 15 is 0 Å². The van der Waals surface area contributed by atoms with Crippen LogP contribution in [0.15, 0.2) is 0 Å². The highest BCUT2D eigenvalue weighted by Crippen LogP contribution is 2.05. The van der Waals surface area contributed by atoms with Gasteiger partial charge in [0, 0.05) is 6.42 Å². The topological polar surface area (TPSA) is 89.6 Å². The zero-order valence-corrected chi connectivity index (χ0v) is 11.2. The van der Waals surface area contributed by atoms with E-state index in [-0.39, 0.29) is 18.8 Å². The van der Waals surface area contributed by atoms with E-state index in [1.54, 1.807) is 0 Å². The van der Waals surface area contributed by atoms with Gasteiger partial charge in [0.05, 0.1) is 6.61 Å². The average Bonchev–Trinajstić information content (AvgIpc) is 2.34. The number of unbranched alkanes of at least 4 members (excludes halogenated alkanes) is 5. The third-order valence-electron chi connectivity index (χ3n) is 2.74. The monoisotopic (exact) mass is 259 g/mol. The first-order valence-electron chi connectivity index (χ1n) is 6.72. The SMILES string of the molecule is CCCCCCCCOC(=O)CCC(N)C(=O)O. The summed E-state index contributed by atoms with van der Waals surface area (Å²) in [4.78, 5) is 21.7. The van der Waals surface area contributed by atoms with Gasteiger partial charge in [-0.2, -0.15) is 0 Å². The third kappa shape index (κ3) is 10.1. The molecule has 0 aromatic heterocycles. The number of aliphatic carboxylic acids is 1. The molecule has 0 amide bonds. The summed E-state index contributed by atoms with van der Waals surface area (Å²) in [5.74, 6) is -1.45. The summed E-state index contributed by atoms with van der Waals surface area (Å²) < 4.78 is 4.99. The molecule has 1 unspecified atom stereocenters. The van der Waals surface area contributed by atoms with Crippen molar-refractivity contribution in [3.63, 3.8) is 0 Å². The second-order valence-electron chi connectivity index (χ2n) is 4.47. The zero-order chi connectivity index (χ0) is 13.8. The maximum atomic E-state index is 11.2. The van der Waals surface area contributed by atoms with Crippen LogP contribution in [0.2, 0.25) is 0 Å².